The van der Waals surface area contributed by atoms with Crippen molar-refractivity contribution in [1.29, 1.82) is 0 Å². The molecule has 0 aliphatic carbocycles. The van der Waals surface area contributed by atoms with Crippen molar-refractivity contribution >= 4 is 0 Å². The second kappa shape index (κ2) is 4.31. The molecule has 0 aromatic heterocycles. The Morgan fingerprint density at radius 3 is 3.00 bits per heavy atom. The topological polar surface area (TPSA) is 41.5 Å². The first kappa shape index (κ1) is 10.6. The number of nitrogens with one attached hydrogen (secondary N) is 1. The van der Waals surface area contributed by atoms with Crippen LogP contribution in [0.25, 0.3) is 0 Å². The maximum Gasteiger partial charge on any atom is 0.0906 e. The van der Waals surface area contributed by atoms with E-state index < -0.39 is 5.54 Å². The van der Waals surface area contributed by atoms with Gasteiger partial charge in [0.25, 0.3) is 0 Å². The molecule has 82 valence electrons. The molecular formula is C12H17NO2. The van der Waals surface area contributed by atoms with E-state index in [9.17, 15) is 5.11 Å². The molecule has 0 saturated carbocycles. The maximum atomic E-state index is 9.54. The Morgan fingerprint density at radius 1 is 1.53 bits per heavy atom. The van der Waals surface area contributed by atoms with Crippen LogP contribution >= 0.6 is 0 Å². The first-order chi connectivity index (χ1) is 7.27. The summed E-state index contributed by atoms with van der Waals surface area (Å²) >= 11 is 0. The molecule has 0 bridgehead atoms. The van der Waals surface area contributed by atoms with Crippen molar-refractivity contribution in [2.45, 2.75) is 12.5 Å². The van der Waals surface area contributed by atoms with Gasteiger partial charge in [-0.1, -0.05) is 29.8 Å². The number of rotatable bonds is 2. The molecule has 15 heavy (non-hydrogen) atoms. The molecule has 1 atom stereocenters. The second-order valence-electron chi connectivity index (χ2n) is 4.09. The first-order valence-corrected chi connectivity index (χ1v) is 5.28. The SMILES string of the molecule is Cc1cccc(C2(CO)COCCN2)c1. The molecule has 1 heterocycles. The van der Waals surface area contributed by atoms with Crippen LogP contribution in [0.3, 0.4) is 0 Å². The van der Waals surface area contributed by atoms with Gasteiger partial charge in [0.15, 0.2) is 0 Å². The monoisotopic (exact) mass is 207 g/mol. The Balaban J connectivity index is 2.32. The average molecular weight is 207 g/mol. The van der Waals surface area contributed by atoms with E-state index in [2.05, 4.69) is 24.4 Å². The van der Waals surface area contributed by atoms with Crippen molar-refractivity contribution in [3.8, 4) is 0 Å². The Bertz CT molecular complexity index is 332. The number of hydrogen-bond acceptors (Lipinski definition) is 3. The average Bonchev–Trinajstić information content (AvgIpc) is 2.30. The van der Waals surface area contributed by atoms with E-state index >= 15 is 0 Å². The minimum atomic E-state index is -0.412. The normalized spacial score (nSPS) is 26.5. The fourth-order valence-corrected chi connectivity index (χ4v) is 1.98. The molecular weight excluding hydrogens is 190 g/mol. The van der Waals surface area contributed by atoms with Gasteiger partial charge in [0.05, 0.1) is 25.4 Å². The highest BCUT2D eigenvalue weighted by Gasteiger charge is 2.33. The Kier molecular flexibility index (Phi) is 3.05. The summed E-state index contributed by atoms with van der Waals surface area (Å²) in [4.78, 5) is 0. The lowest BCUT2D eigenvalue weighted by atomic mass is 9.89. The first-order valence-electron chi connectivity index (χ1n) is 5.28. The van der Waals surface area contributed by atoms with Crippen LogP contribution in [0.1, 0.15) is 11.1 Å². The van der Waals surface area contributed by atoms with Crippen LogP contribution in [0.15, 0.2) is 24.3 Å². The van der Waals surface area contributed by atoms with Crippen LogP contribution in [-0.2, 0) is 10.3 Å². The molecule has 1 saturated heterocycles. The van der Waals surface area contributed by atoms with Crippen LogP contribution in [0, 0.1) is 6.92 Å². The zero-order valence-corrected chi connectivity index (χ0v) is 8.99. The van der Waals surface area contributed by atoms with Crippen LogP contribution in [0.2, 0.25) is 0 Å². The van der Waals surface area contributed by atoms with Crippen molar-refractivity contribution in [3.63, 3.8) is 0 Å². The molecule has 2 rings (SSSR count). The molecule has 1 aliphatic rings. The van der Waals surface area contributed by atoms with E-state index in [-0.39, 0.29) is 6.61 Å². The summed E-state index contributed by atoms with van der Waals surface area (Å²) in [6, 6.07) is 8.19. The summed E-state index contributed by atoms with van der Waals surface area (Å²) in [7, 11) is 0. The van der Waals surface area contributed by atoms with Gasteiger partial charge in [0.1, 0.15) is 0 Å². The molecule has 2 N–H and O–H groups in total. The highest BCUT2D eigenvalue weighted by molar-refractivity contribution is 5.29. The highest BCUT2D eigenvalue weighted by atomic mass is 16.5. The fourth-order valence-electron chi connectivity index (χ4n) is 1.98. The van der Waals surface area contributed by atoms with Gasteiger partial charge in [0, 0.05) is 6.54 Å². The van der Waals surface area contributed by atoms with Gasteiger partial charge in [-0.15, -0.1) is 0 Å². The van der Waals surface area contributed by atoms with Gasteiger partial charge in [-0.25, -0.2) is 0 Å². The summed E-state index contributed by atoms with van der Waals surface area (Å²) in [6.45, 7) is 4.16. The number of ether oxygens (including phenoxy) is 1. The molecule has 0 radical (unpaired) electrons. The number of aliphatic hydroxyl groups excluding tert-OH is 1. The van der Waals surface area contributed by atoms with E-state index in [0.29, 0.717) is 13.2 Å². The smallest absolute Gasteiger partial charge is 0.0906 e. The minimum Gasteiger partial charge on any atom is -0.394 e. The van der Waals surface area contributed by atoms with Crippen LogP contribution in [0.4, 0.5) is 0 Å². The molecule has 1 aliphatic heterocycles. The Hall–Kier alpha value is -0.900. The number of morpholine rings is 1. The summed E-state index contributed by atoms with van der Waals surface area (Å²) in [5.74, 6) is 0. The van der Waals surface area contributed by atoms with Gasteiger partial charge < -0.3 is 15.2 Å². The molecule has 1 unspecified atom stereocenters. The number of hydrogen-bond donors (Lipinski definition) is 2. The summed E-state index contributed by atoms with van der Waals surface area (Å²) in [5.41, 5.74) is 1.89. The number of aliphatic hydroxyl groups is 1. The van der Waals surface area contributed by atoms with Gasteiger partial charge in [0.2, 0.25) is 0 Å². The van der Waals surface area contributed by atoms with Gasteiger partial charge >= 0.3 is 0 Å². The van der Waals surface area contributed by atoms with Gasteiger partial charge in [-0.2, -0.15) is 0 Å². The minimum absolute atomic E-state index is 0.0659. The lowest BCUT2D eigenvalue weighted by molar-refractivity contribution is -0.00334. The molecule has 1 aromatic rings. The van der Waals surface area contributed by atoms with E-state index in [4.69, 9.17) is 4.74 Å². The quantitative estimate of drug-likeness (QED) is 0.754. The van der Waals surface area contributed by atoms with E-state index in [0.717, 1.165) is 12.1 Å². The Morgan fingerprint density at radius 2 is 2.40 bits per heavy atom. The highest BCUT2D eigenvalue weighted by Crippen LogP contribution is 2.24. The largest absolute Gasteiger partial charge is 0.394 e. The van der Waals surface area contributed by atoms with E-state index in [1.807, 2.05) is 12.1 Å². The van der Waals surface area contributed by atoms with Gasteiger partial charge in [-0.3, -0.25) is 0 Å². The predicted molar refractivity (Wildman–Crippen MR) is 58.8 cm³/mol. The second-order valence-corrected chi connectivity index (χ2v) is 4.09. The standard InChI is InChI=1S/C12H17NO2/c1-10-3-2-4-11(7-10)12(8-14)9-15-6-5-13-12/h2-4,7,13-14H,5-6,8-9H2,1H3. The predicted octanol–water partition coefficient (Wildman–Crippen LogP) is 0.802. The summed E-state index contributed by atoms with van der Waals surface area (Å²) < 4.78 is 5.45. The molecule has 1 aromatic carbocycles. The van der Waals surface area contributed by atoms with Crippen LogP contribution < -0.4 is 5.32 Å². The van der Waals surface area contributed by atoms with Crippen LogP contribution in [0.5, 0.6) is 0 Å². The zero-order chi connectivity index (χ0) is 10.7. The van der Waals surface area contributed by atoms with Gasteiger partial charge in [-0.05, 0) is 12.5 Å². The fraction of sp³-hybridized carbons (Fsp3) is 0.500. The van der Waals surface area contributed by atoms with Crippen molar-refractivity contribution in [2.75, 3.05) is 26.4 Å². The lowest BCUT2D eigenvalue weighted by Crippen LogP contribution is -2.54. The number of benzene rings is 1. The van der Waals surface area contributed by atoms with E-state index in [1.165, 1.54) is 5.56 Å². The van der Waals surface area contributed by atoms with Crippen LogP contribution in [-0.4, -0.2) is 31.5 Å². The third-order valence-corrected chi connectivity index (χ3v) is 2.90. The molecule has 1 fully saturated rings. The number of aryl methyl sites for hydroxylation is 1. The third kappa shape index (κ3) is 2.04. The zero-order valence-electron chi connectivity index (χ0n) is 8.99. The summed E-state index contributed by atoms with van der Waals surface area (Å²) in [6.07, 6.45) is 0. The molecule has 3 nitrogen and oxygen atoms in total. The third-order valence-electron chi connectivity index (χ3n) is 2.90. The van der Waals surface area contributed by atoms with Crippen molar-refractivity contribution in [2.24, 2.45) is 0 Å². The van der Waals surface area contributed by atoms with E-state index in [1.54, 1.807) is 0 Å². The molecule has 3 heteroatoms. The Labute approximate surface area is 90.1 Å². The molecule has 0 spiro atoms. The molecule has 0 amide bonds. The summed E-state index contributed by atoms with van der Waals surface area (Å²) in [5, 5.41) is 12.9. The van der Waals surface area contributed by atoms with Crippen molar-refractivity contribution in [1.82, 2.24) is 5.32 Å². The maximum absolute atomic E-state index is 9.54. The van der Waals surface area contributed by atoms with Crippen molar-refractivity contribution in [3.05, 3.63) is 35.4 Å². The lowest BCUT2D eigenvalue weighted by Gasteiger charge is -2.37. The van der Waals surface area contributed by atoms with Crippen molar-refractivity contribution < 1.29 is 9.84 Å².